The quantitative estimate of drug-likeness (QED) is 0.215. The van der Waals surface area contributed by atoms with Crippen molar-refractivity contribution in [2.24, 2.45) is 0 Å². The van der Waals surface area contributed by atoms with Crippen LogP contribution in [0.5, 0.6) is 23.0 Å². The molecule has 0 radical (unpaired) electrons. The zero-order valence-corrected chi connectivity index (χ0v) is 24.5. The molecule has 0 unspecified atom stereocenters. The van der Waals surface area contributed by atoms with E-state index in [0.717, 1.165) is 40.1 Å². The van der Waals surface area contributed by atoms with E-state index in [2.05, 4.69) is 128 Å². The van der Waals surface area contributed by atoms with Gasteiger partial charge in [-0.1, -0.05) is 77.9 Å². The zero-order chi connectivity index (χ0) is 29.3. The molecule has 6 aromatic rings. The minimum atomic E-state index is 0.822. The largest absolute Gasteiger partial charge is 0.453 e. The summed E-state index contributed by atoms with van der Waals surface area (Å²) in [5.41, 5.74) is 10.3. The highest BCUT2D eigenvalue weighted by Crippen LogP contribution is 2.59. The van der Waals surface area contributed by atoms with Crippen LogP contribution in [-0.2, 0) is 0 Å². The molecule has 210 valence electrons. The van der Waals surface area contributed by atoms with E-state index >= 15 is 0 Å². The monoisotopic (exact) mass is 560 g/mol. The van der Waals surface area contributed by atoms with Crippen molar-refractivity contribution in [1.29, 1.82) is 0 Å². The molecular formula is C39H32N2O2. The molecule has 0 atom stereocenters. The maximum Gasteiger partial charge on any atom is 0.155 e. The Hall–Kier alpha value is -5.48. The Labute approximate surface area is 253 Å². The Kier molecular flexibility index (Phi) is 6.80. The maximum absolute atomic E-state index is 6.10. The highest BCUT2D eigenvalue weighted by molar-refractivity contribution is 5.93. The molecular weight excluding hydrogens is 528 g/mol. The predicted molar refractivity (Wildman–Crippen MR) is 177 cm³/mol. The van der Waals surface area contributed by atoms with Gasteiger partial charge in [0.25, 0.3) is 0 Å². The first-order valence-electron chi connectivity index (χ1n) is 14.5. The Morgan fingerprint density at radius 2 is 0.907 bits per heavy atom. The third kappa shape index (κ3) is 5.08. The molecule has 0 saturated carbocycles. The van der Waals surface area contributed by atoms with Gasteiger partial charge in [0.1, 0.15) is 5.69 Å². The number of hydrogen-bond donors (Lipinski definition) is 0. The third-order valence-electron chi connectivity index (χ3n) is 7.69. The number of fused-ring (bicyclic) bond motifs is 4. The number of benzene rings is 6. The van der Waals surface area contributed by atoms with Gasteiger partial charge in [0, 0.05) is 17.1 Å². The fraction of sp³-hybridized carbons (Fsp3) is 0.0769. The molecule has 0 spiro atoms. The van der Waals surface area contributed by atoms with Crippen molar-refractivity contribution in [1.82, 2.24) is 0 Å². The molecule has 2 heterocycles. The molecule has 0 saturated heterocycles. The lowest BCUT2D eigenvalue weighted by molar-refractivity contribution is 0.445. The van der Waals surface area contributed by atoms with E-state index in [0.29, 0.717) is 0 Å². The summed E-state index contributed by atoms with van der Waals surface area (Å²) < 4.78 is 12.1. The first-order chi connectivity index (χ1) is 21.0. The highest BCUT2D eigenvalue weighted by Gasteiger charge is 2.34. The number of hydrogen-bond acceptors (Lipinski definition) is 4. The molecule has 2 aliphatic rings. The normalized spacial score (nSPS) is 11.9. The minimum absolute atomic E-state index is 0.822. The highest BCUT2D eigenvalue weighted by atomic mass is 16.5. The van der Waals surface area contributed by atoms with Crippen molar-refractivity contribution in [3.8, 4) is 23.0 Å². The Bertz CT molecular complexity index is 1850. The topological polar surface area (TPSA) is 24.9 Å². The number of rotatable bonds is 3. The Morgan fingerprint density at radius 3 is 1.56 bits per heavy atom. The first-order valence-corrected chi connectivity index (χ1v) is 14.5. The lowest BCUT2D eigenvalue weighted by Gasteiger charge is -2.37. The van der Waals surface area contributed by atoms with Gasteiger partial charge in [-0.05, 0) is 99.1 Å². The predicted octanol–water partition coefficient (Wildman–Crippen LogP) is 11.4. The van der Waals surface area contributed by atoms with E-state index in [-0.39, 0.29) is 0 Å². The van der Waals surface area contributed by atoms with Crippen LogP contribution in [0.25, 0.3) is 0 Å². The van der Waals surface area contributed by atoms with E-state index < -0.39 is 0 Å². The van der Waals surface area contributed by atoms with Gasteiger partial charge in [0.05, 0.1) is 11.4 Å². The van der Waals surface area contributed by atoms with Crippen LogP contribution in [0.2, 0.25) is 0 Å². The number of ether oxygens (including phenoxy) is 2. The Balaban J connectivity index is 0.000000140. The molecule has 0 amide bonds. The van der Waals surface area contributed by atoms with E-state index in [1.807, 2.05) is 42.5 Å². The van der Waals surface area contributed by atoms with Crippen LogP contribution in [0.1, 0.15) is 16.7 Å². The van der Waals surface area contributed by atoms with Crippen molar-refractivity contribution in [2.45, 2.75) is 20.8 Å². The fourth-order valence-electron chi connectivity index (χ4n) is 5.52. The van der Waals surface area contributed by atoms with Gasteiger partial charge in [-0.2, -0.15) is 0 Å². The van der Waals surface area contributed by atoms with E-state index in [1.165, 1.54) is 33.8 Å². The molecule has 4 nitrogen and oxygen atoms in total. The third-order valence-corrected chi connectivity index (χ3v) is 7.69. The number of anilines is 6. The van der Waals surface area contributed by atoms with Crippen LogP contribution in [0.4, 0.5) is 34.1 Å². The average molecular weight is 561 g/mol. The summed E-state index contributed by atoms with van der Waals surface area (Å²) in [4.78, 5) is 4.50. The molecule has 43 heavy (non-hydrogen) atoms. The summed E-state index contributed by atoms with van der Waals surface area (Å²) in [5.74, 6) is 3.38. The molecule has 0 aliphatic carbocycles. The second-order valence-corrected chi connectivity index (χ2v) is 10.9. The van der Waals surface area contributed by atoms with Crippen molar-refractivity contribution in [2.75, 3.05) is 9.80 Å². The molecule has 8 rings (SSSR count). The van der Waals surface area contributed by atoms with Crippen molar-refractivity contribution in [3.63, 3.8) is 0 Å². The van der Waals surface area contributed by atoms with Crippen LogP contribution in [-0.4, -0.2) is 0 Å². The molecule has 0 N–H and O–H groups in total. The van der Waals surface area contributed by atoms with Crippen LogP contribution in [0.15, 0.2) is 140 Å². The second kappa shape index (κ2) is 11.1. The lowest BCUT2D eigenvalue weighted by Crippen LogP contribution is -2.20. The van der Waals surface area contributed by atoms with Crippen molar-refractivity contribution in [3.05, 3.63) is 156 Å². The van der Waals surface area contributed by atoms with Gasteiger partial charge in [-0.15, -0.1) is 0 Å². The van der Waals surface area contributed by atoms with Crippen LogP contribution < -0.4 is 19.3 Å². The first kappa shape index (κ1) is 26.4. The number of aryl methyl sites for hydroxylation is 3. The summed E-state index contributed by atoms with van der Waals surface area (Å²) in [6.07, 6.45) is 0. The van der Waals surface area contributed by atoms with E-state index in [9.17, 15) is 0 Å². The van der Waals surface area contributed by atoms with Crippen molar-refractivity contribution < 1.29 is 9.47 Å². The summed E-state index contributed by atoms with van der Waals surface area (Å²) >= 11 is 0. The minimum Gasteiger partial charge on any atom is -0.453 e. The van der Waals surface area contributed by atoms with Crippen molar-refractivity contribution >= 4 is 34.1 Å². The van der Waals surface area contributed by atoms with E-state index in [1.54, 1.807) is 0 Å². The summed E-state index contributed by atoms with van der Waals surface area (Å²) in [6, 6.07) is 48.0. The number of nitrogens with zero attached hydrogens (tertiary/aromatic N) is 2. The summed E-state index contributed by atoms with van der Waals surface area (Å²) in [5, 5.41) is 0. The maximum atomic E-state index is 6.10. The molecule has 2 aliphatic heterocycles. The lowest BCUT2D eigenvalue weighted by atomic mass is 10.1. The molecule has 0 bridgehead atoms. The van der Waals surface area contributed by atoms with Gasteiger partial charge in [-0.25, -0.2) is 0 Å². The van der Waals surface area contributed by atoms with Gasteiger partial charge in [-0.3, -0.25) is 4.90 Å². The molecule has 6 aromatic carbocycles. The van der Waals surface area contributed by atoms with Crippen LogP contribution in [0, 0.1) is 20.8 Å². The molecule has 0 aromatic heterocycles. The Morgan fingerprint density at radius 1 is 0.419 bits per heavy atom. The van der Waals surface area contributed by atoms with E-state index in [4.69, 9.17) is 9.47 Å². The number of para-hydroxylation sites is 4. The van der Waals surface area contributed by atoms with Gasteiger partial charge in [0.2, 0.25) is 0 Å². The smallest absolute Gasteiger partial charge is 0.155 e. The summed E-state index contributed by atoms with van der Waals surface area (Å²) in [6.45, 7) is 6.30. The van der Waals surface area contributed by atoms with Crippen LogP contribution in [0.3, 0.4) is 0 Å². The SMILES string of the molecule is Cc1ccc(N(c2ccccc2)c2ccc(C)cc2)cc1.Cc1ccc2c(c1)Oc1cccc3c1N2c1ccccc1O3. The standard InChI is InChI=1S/C20H19N.C19H13NO2/c1-16-8-12-19(13-9-16)21(18-6-4-3-5-7-18)20-14-10-17(2)11-15-20;1-12-9-10-14-18(11-12)22-17-8-4-7-16-19(17)20(14)13-5-2-3-6-15(13)21-16/h3-15H,1-2H3;2-11H,1H3. The summed E-state index contributed by atoms with van der Waals surface area (Å²) in [7, 11) is 0. The van der Waals surface area contributed by atoms with Gasteiger partial charge < -0.3 is 14.4 Å². The second-order valence-electron chi connectivity index (χ2n) is 10.9. The van der Waals surface area contributed by atoms with Crippen LogP contribution >= 0.6 is 0 Å². The molecule has 0 fully saturated rings. The zero-order valence-electron chi connectivity index (χ0n) is 24.5. The fourth-order valence-corrected chi connectivity index (χ4v) is 5.52. The van der Waals surface area contributed by atoms with Gasteiger partial charge >= 0.3 is 0 Å². The molecule has 4 heteroatoms. The van der Waals surface area contributed by atoms with Gasteiger partial charge in [0.15, 0.2) is 23.0 Å². The average Bonchev–Trinajstić information content (AvgIpc) is 3.03.